The van der Waals surface area contributed by atoms with Gasteiger partial charge < -0.3 is 9.09 Å². The number of rotatable bonds is 3. The van der Waals surface area contributed by atoms with Crippen LogP contribution in [-0.4, -0.2) is 20.6 Å². The number of terminal acetylenes is 1. The molecule has 24 heavy (non-hydrogen) atoms. The lowest BCUT2D eigenvalue weighted by Gasteiger charge is -1.99. The summed E-state index contributed by atoms with van der Waals surface area (Å²) in [5.74, 6) is 1.91. The van der Waals surface area contributed by atoms with Gasteiger partial charge in [-0.05, 0) is 13.0 Å². The lowest BCUT2D eigenvalue weighted by molar-refractivity contribution is -0.384. The fourth-order valence-electron chi connectivity index (χ4n) is 2.11. The first-order chi connectivity index (χ1) is 11.5. The van der Waals surface area contributed by atoms with E-state index in [4.69, 9.17) is 10.9 Å². The van der Waals surface area contributed by atoms with Gasteiger partial charge in [0.2, 0.25) is 5.76 Å². The Morgan fingerprint density at radius 3 is 2.96 bits per heavy atom. The normalized spacial score (nSPS) is 11.6. The van der Waals surface area contributed by atoms with Crippen molar-refractivity contribution in [3.05, 3.63) is 50.6 Å². The fraction of sp³-hybridized carbons (Fsp3) is 0.133. The molecule has 0 N–H and O–H groups in total. The molecule has 0 aliphatic carbocycles. The summed E-state index contributed by atoms with van der Waals surface area (Å²) in [5.41, 5.74) is 1.20. The lowest BCUT2D eigenvalue weighted by atomic mass is 10.3. The summed E-state index contributed by atoms with van der Waals surface area (Å²) < 4.78 is 7.15. The molecule has 1 amide bonds. The van der Waals surface area contributed by atoms with E-state index in [9.17, 15) is 14.9 Å². The maximum atomic E-state index is 12.2. The van der Waals surface area contributed by atoms with E-state index >= 15 is 0 Å². The van der Waals surface area contributed by atoms with Crippen LogP contribution in [0.25, 0.3) is 10.2 Å². The average molecular weight is 342 g/mol. The van der Waals surface area contributed by atoms with Crippen LogP contribution >= 0.6 is 11.3 Å². The highest BCUT2D eigenvalue weighted by Crippen LogP contribution is 2.23. The monoisotopic (exact) mass is 342 g/mol. The Kier molecular flexibility index (Phi) is 3.97. The third-order valence-electron chi connectivity index (χ3n) is 3.16. The van der Waals surface area contributed by atoms with E-state index in [1.54, 1.807) is 17.6 Å². The third kappa shape index (κ3) is 2.82. The van der Waals surface area contributed by atoms with Crippen LogP contribution in [0.15, 0.2) is 33.8 Å². The minimum absolute atomic E-state index is 0.0168. The molecular formula is C15H10N4O4S. The molecule has 2 heterocycles. The van der Waals surface area contributed by atoms with Crippen LogP contribution in [-0.2, 0) is 6.54 Å². The molecule has 0 saturated heterocycles. The smallest absolute Gasteiger partial charge is 0.318 e. The molecule has 0 aliphatic heterocycles. The fourth-order valence-corrected chi connectivity index (χ4v) is 3.17. The molecule has 3 rings (SSSR count). The zero-order valence-electron chi connectivity index (χ0n) is 12.4. The van der Waals surface area contributed by atoms with Gasteiger partial charge in [0.05, 0.1) is 27.4 Å². The summed E-state index contributed by atoms with van der Waals surface area (Å²) >= 11 is 1.14. The van der Waals surface area contributed by atoms with Crippen LogP contribution in [0.5, 0.6) is 0 Å². The van der Waals surface area contributed by atoms with Gasteiger partial charge in [-0.2, -0.15) is 4.99 Å². The average Bonchev–Trinajstić information content (AvgIpc) is 3.11. The molecule has 1 aromatic carbocycles. The second-order valence-electron chi connectivity index (χ2n) is 4.83. The van der Waals surface area contributed by atoms with Gasteiger partial charge in [-0.15, -0.1) is 6.42 Å². The van der Waals surface area contributed by atoms with Gasteiger partial charge in [0.1, 0.15) is 0 Å². The summed E-state index contributed by atoms with van der Waals surface area (Å²) in [5, 5.41) is 14.5. The molecular weight excluding hydrogens is 332 g/mol. The number of aromatic nitrogens is 2. The number of hydrogen-bond donors (Lipinski definition) is 0. The Labute approximate surface area is 139 Å². The quantitative estimate of drug-likeness (QED) is 0.413. The number of nitro benzene ring substituents is 1. The number of thiazole rings is 1. The second-order valence-corrected chi connectivity index (χ2v) is 5.84. The van der Waals surface area contributed by atoms with Gasteiger partial charge in [0.25, 0.3) is 5.69 Å². The van der Waals surface area contributed by atoms with Crippen molar-refractivity contribution in [3.63, 3.8) is 0 Å². The van der Waals surface area contributed by atoms with Crippen molar-refractivity contribution >= 4 is 33.1 Å². The number of benzene rings is 1. The molecule has 0 radical (unpaired) electrons. The predicted molar refractivity (Wildman–Crippen MR) is 86.4 cm³/mol. The van der Waals surface area contributed by atoms with Crippen LogP contribution in [0.2, 0.25) is 0 Å². The van der Waals surface area contributed by atoms with Gasteiger partial charge >= 0.3 is 5.91 Å². The molecule has 0 spiro atoms. The number of aryl methyl sites for hydroxylation is 1. The third-order valence-corrected chi connectivity index (χ3v) is 4.20. The first-order valence-electron chi connectivity index (χ1n) is 6.73. The molecule has 120 valence electrons. The van der Waals surface area contributed by atoms with E-state index in [1.807, 2.05) is 0 Å². The lowest BCUT2D eigenvalue weighted by Crippen LogP contribution is -2.16. The van der Waals surface area contributed by atoms with Crippen LogP contribution in [0, 0.1) is 29.4 Å². The number of hydrogen-bond acceptors (Lipinski definition) is 6. The summed E-state index contributed by atoms with van der Waals surface area (Å²) in [4.78, 5) is 26.9. The van der Waals surface area contributed by atoms with E-state index in [2.05, 4.69) is 16.1 Å². The largest absolute Gasteiger partial charge is 0.351 e. The second kappa shape index (κ2) is 6.10. The minimum atomic E-state index is -0.595. The molecule has 8 nitrogen and oxygen atoms in total. The topological polar surface area (TPSA) is 104 Å². The highest BCUT2D eigenvalue weighted by atomic mass is 32.1. The standard InChI is InChI=1S/C15H10N4O4S/c1-3-6-18-11-5-4-10(19(21)22)8-13(11)24-15(18)16-14(20)12-7-9(2)17-23-12/h1,4-5,7-8H,6H2,2H3. The molecule has 9 heteroatoms. The van der Waals surface area contributed by atoms with Gasteiger partial charge in [-0.1, -0.05) is 22.4 Å². The summed E-state index contributed by atoms with van der Waals surface area (Å²) in [6.07, 6.45) is 5.37. The van der Waals surface area contributed by atoms with Crippen molar-refractivity contribution in [3.8, 4) is 12.3 Å². The number of nitro groups is 1. The Hall–Kier alpha value is -3.25. The van der Waals surface area contributed by atoms with Crippen molar-refractivity contribution in [1.82, 2.24) is 9.72 Å². The number of fused-ring (bicyclic) bond motifs is 1. The molecule has 3 aromatic rings. The predicted octanol–water partition coefficient (Wildman–Crippen LogP) is 2.28. The van der Waals surface area contributed by atoms with Gasteiger partial charge in [-0.25, -0.2) is 0 Å². The Morgan fingerprint density at radius 2 is 2.33 bits per heavy atom. The van der Waals surface area contributed by atoms with Crippen molar-refractivity contribution in [2.24, 2.45) is 4.99 Å². The molecule has 0 atom stereocenters. The van der Waals surface area contributed by atoms with Crippen molar-refractivity contribution in [2.45, 2.75) is 13.5 Å². The van der Waals surface area contributed by atoms with Crippen LogP contribution in [0.1, 0.15) is 16.2 Å². The van der Waals surface area contributed by atoms with Gasteiger partial charge in [-0.3, -0.25) is 14.9 Å². The Morgan fingerprint density at radius 1 is 1.54 bits per heavy atom. The zero-order chi connectivity index (χ0) is 17.3. The number of non-ortho nitro benzene ring substituents is 1. The molecule has 0 unspecified atom stereocenters. The summed E-state index contributed by atoms with van der Waals surface area (Å²) in [6, 6.07) is 5.88. The van der Waals surface area contributed by atoms with Crippen molar-refractivity contribution in [1.29, 1.82) is 0 Å². The first kappa shape index (κ1) is 15.6. The van der Waals surface area contributed by atoms with Crippen molar-refractivity contribution < 1.29 is 14.2 Å². The molecule has 2 aromatic heterocycles. The molecule has 0 aliphatic rings. The summed E-state index contributed by atoms with van der Waals surface area (Å²) in [7, 11) is 0. The van der Waals surface area contributed by atoms with E-state index in [1.165, 1.54) is 18.2 Å². The highest BCUT2D eigenvalue weighted by molar-refractivity contribution is 7.16. The van der Waals surface area contributed by atoms with E-state index < -0.39 is 10.8 Å². The van der Waals surface area contributed by atoms with E-state index in [0.29, 0.717) is 20.7 Å². The Bertz CT molecular complexity index is 1070. The molecule has 0 bridgehead atoms. The highest BCUT2D eigenvalue weighted by Gasteiger charge is 2.14. The van der Waals surface area contributed by atoms with Crippen LogP contribution in [0.4, 0.5) is 5.69 Å². The minimum Gasteiger partial charge on any atom is -0.351 e. The number of nitrogens with zero attached hydrogens (tertiary/aromatic N) is 4. The molecule has 0 saturated carbocycles. The SMILES string of the molecule is C#CCn1c(=NC(=O)c2cc(C)no2)sc2cc([N+](=O)[O-])ccc21. The Balaban J connectivity index is 2.17. The number of amides is 1. The first-order valence-corrected chi connectivity index (χ1v) is 7.55. The molecule has 0 fully saturated rings. The number of carbonyl (C=O) groups is 1. The van der Waals surface area contributed by atoms with E-state index in [0.717, 1.165) is 11.3 Å². The maximum absolute atomic E-state index is 12.2. The van der Waals surface area contributed by atoms with Crippen molar-refractivity contribution in [2.75, 3.05) is 0 Å². The number of carbonyl (C=O) groups excluding carboxylic acids is 1. The van der Waals surface area contributed by atoms with Gasteiger partial charge in [0, 0.05) is 18.2 Å². The maximum Gasteiger partial charge on any atom is 0.318 e. The van der Waals surface area contributed by atoms with Crippen LogP contribution in [0.3, 0.4) is 0 Å². The van der Waals surface area contributed by atoms with E-state index in [-0.39, 0.29) is 18.0 Å². The van der Waals surface area contributed by atoms with Crippen LogP contribution < -0.4 is 4.80 Å². The zero-order valence-corrected chi connectivity index (χ0v) is 13.2. The summed E-state index contributed by atoms with van der Waals surface area (Å²) in [6.45, 7) is 1.87. The van der Waals surface area contributed by atoms with Gasteiger partial charge in [0.15, 0.2) is 4.80 Å².